The zero-order valence-corrected chi connectivity index (χ0v) is 11.5. The first-order chi connectivity index (χ1) is 8.15. The fraction of sp³-hybridized carbons (Fsp3) is 0.100. The van der Waals surface area contributed by atoms with Gasteiger partial charge in [-0.15, -0.1) is 5.10 Å². The molecule has 0 atom stereocenters. The number of carbonyl (C=O) groups is 1. The maximum atomic E-state index is 10.9. The standard InChI is InChI=1S/C10H8IN3O2S/c11-8-2-1-7(15)3-6(8)4-12-14-10-13-9(16)5-17-10/h1-4,15H,5H2,(H,13,14,16). The minimum absolute atomic E-state index is 0.0594. The Hall–Kier alpha value is -1.09. The molecule has 0 saturated carbocycles. The first-order valence-corrected chi connectivity index (χ1v) is 6.74. The van der Waals surface area contributed by atoms with Crippen molar-refractivity contribution in [1.29, 1.82) is 0 Å². The van der Waals surface area contributed by atoms with Crippen LogP contribution >= 0.6 is 34.4 Å². The minimum atomic E-state index is -0.0594. The molecule has 1 amide bonds. The molecule has 1 fully saturated rings. The second kappa shape index (κ2) is 5.50. The molecule has 88 valence electrons. The number of thioether (sulfide) groups is 1. The normalized spacial score (nSPS) is 17.9. The maximum absolute atomic E-state index is 10.9. The minimum Gasteiger partial charge on any atom is -0.508 e. The van der Waals surface area contributed by atoms with Gasteiger partial charge < -0.3 is 10.4 Å². The van der Waals surface area contributed by atoms with Crippen molar-refractivity contribution < 1.29 is 9.90 Å². The highest BCUT2D eigenvalue weighted by Gasteiger charge is 2.15. The summed E-state index contributed by atoms with van der Waals surface area (Å²) in [5.74, 6) is 0.511. The molecule has 7 heteroatoms. The van der Waals surface area contributed by atoms with Crippen molar-refractivity contribution in [3.63, 3.8) is 0 Å². The van der Waals surface area contributed by atoms with Crippen LogP contribution in [0.4, 0.5) is 0 Å². The predicted molar refractivity (Wildman–Crippen MR) is 76.5 cm³/mol. The summed E-state index contributed by atoms with van der Waals surface area (Å²) >= 11 is 3.46. The molecular weight excluding hydrogens is 353 g/mol. The molecule has 2 N–H and O–H groups in total. The molecule has 1 aromatic carbocycles. The zero-order valence-electron chi connectivity index (χ0n) is 8.55. The van der Waals surface area contributed by atoms with Crippen LogP contribution in [0.1, 0.15) is 5.56 Å². The maximum Gasteiger partial charge on any atom is 0.236 e. The van der Waals surface area contributed by atoms with Gasteiger partial charge in [0.15, 0.2) is 5.17 Å². The summed E-state index contributed by atoms with van der Waals surface area (Å²) in [7, 11) is 0. The van der Waals surface area contributed by atoms with E-state index in [1.54, 1.807) is 24.4 Å². The molecule has 1 aliphatic rings. The number of hydrogen-bond acceptors (Lipinski definition) is 5. The number of nitrogens with zero attached hydrogens (tertiary/aromatic N) is 2. The molecule has 5 nitrogen and oxygen atoms in total. The van der Waals surface area contributed by atoms with E-state index in [1.807, 2.05) is 0 Å². The number of phenolic OH excluding ortho intramolecular Hbond substituents is 1. The van der Waals surface area contributed by atoms with Gasteiger partial charge in [0.1, 0.15) is 5.75 Å². The first-order valence-electron chi connectivity index (χ1n) is 4.67. The van der Waals surface area contributed by atoms with Crippen LogP contribution in [-0.2, 0) is 4.79 Å². The van der Waals surface area contributed by atoms with Gasteiger partial charge in [0.25, 0.3) is 0 Å². The highest BCUT2D eigenvalue weighted by Crippen LogP contribution is 2.17. The fourth-order valence-corrected chi connectivity index (χ4v) is 2.26. The van der Waals surface area contributed by atoms with Crippen LogP contribution in [0, 0.1) is 3.57 Å². The highest BCUT2D eigenvalue weighted by molar-refractivity contribution is 14.1. The number of amides is 1. The van der Waals surface area contributed by atoms with Crippen LogP contribution in [0.25, 0.3) is 0 Å². The van der Waals surface area contributed by atoms with E-state index < -0.39 is 0 Å². The summed E-state index contributed by atoms with van der Waals surface area (Å²) in [4.78, 5) is 10.9. The quantitative estimate of drug-likeness (QED) is 0.477. The van der Waals surface area contributed by atoms with Gasteiger partial charge in [0.05, 0.1) is 12.0 Å². The van der Waals surface area contributed by atoms with Crippen LogP contribution in [0.3, 0.4) is 0 Å². The Labute approximate surface area is 116 Å². The number of nitrogens with one attached hydrogen (secondary N) is 1. The number of halogens is 1. The van der Waals surface area contributed by atoms with Crippen LogP contribution in [-0.4, -0.2) is 28.1 Å². The molecule has 0 aromatic heterocycles. The molecule has 17 heavy (non-hydrogen) atoms. The Kier molecular flexibility index (Phi) is 4.00. The largest absolute Gasteiger partial charge is 0.508 e. The van der Waals surface area contributed by atoms with Crippen LogP contribution in [0.15, 0.2) is 28.4 Å². The van der Waals surface area contributed by atoms with Gasteiger partial charge in [-0.1, -0.05) is 11.8 Å². The van der Waals surface area contributed by atoms with Gasteiger partial charge in [-0.3, -0.25) is 4.79 Å². The van der Waals surface area contributed by atoms with Crippen molar-refractivity contribution >= 4 is 51.6 Å². The summed E-state index contributed by atoms with van der Waals surface area (Å²) in [6.07, 6.45) is 1.54. The second-order valence-corrected chi connectivity index (χ2v) is 5.32. The topological polar surface area (TPSA) is 74.0 Å². The van der Waals surface area contributed by atoms with Gasteiger partial charge >= 0.3 is 0 Å². The predicted octanol–water partition coefficient (Wildman–Crippen LogP) is 1.55. The number of rotatable bonds is 2. The molecule has 0 unspecified atom stereocenters. The van der Waals surface area contributed by atoms with Gasteiger partial charge in [-0.2, -0.15) is 5.10 Å². The van der Waals surface area contributed by atoms with Crippen LogP contribution in [0.2, 0.25) is 0 Å². The molecular formula is C10H8IN3O2S. The Morgan fingerprint density at radius 2 is 2.35 bits per heavy atom. The number of amidine groups is 1. The molecule has 0 bridgehead atoms. The summed E-state index contributed by atoms with van der Waals surface area (Å²) in [5.41, 5.74) is 0.782. The number of hydrogen-bond donors (Lipinski definition) is 2. The lowest BCUT2D eigenvalue weighted by atomic mass is 10.2. The van der Waals surface area contributed by atoms with E-state index in [-0.39, 0.29) is 11.7 Å². The summed E-state index contributed by atoms with van der Waals surface area (Å²) in [6.45, 7) is 0. The Morgan fingerprint density at radius 1 is 1.53 bits per heavy atom. The molecule has 0 radical (unpaired) electrons. The lowest BCUT2D eigenvalue weighted by Crippen LogP contribution is -2.19. The van der Waals surface area contributed by atoms with Gasteiger partial charge in [-0.05, 0) is 40.8 Å². The number of benzene rings is 1. The van der Waals surface area contributed by atoms with E-state index in [2.05, 4.69) is 38.1 Å². The average molecular weight is 361 g/mol. The average Bonchev–Trinajstić information content (AvgIpc) is 2.69. The molecule has 1 saturated heterocycles. The van der Waals surface area contributed by atoms with E-state index in [4.69, 9.17) is 0 Å². The van der Waals surface area contributed by atoms with Crippen molar-refractivity contribution in [2.24, 2.45) is 10.2 Å². The number of carbonyl (C=O) groups excluding carboxylic acids is 1. The van der Waals surface area contributed by atoms with Crippen molar-refractivity contribution in [2.75, 3.05) is 5.75 Å². The Bertz CT molecular complexity index is 516. The monoisotopic (exact) mass is 361 g/mol. The molecule has 2 rings (SSSR count). The van der Waals surface area contributed by atoms with Crippen molar-refractivity contribution in [3.05, 3.63) is 27.3 Å². The van der Waals surface area contributed by atoms with Gasteiger partial charge in [0.2, 0.25) is 5.91 Å². The second-order valence-electron chi connectivity index (χ2n) is 3.19. The van der Waals surface area contributed by atoms with E-state index in [0.717, 1.165) is 9.13 Å². The van der Waals surface area contributed by atoms with Crippen molar-refractivity contribution in [1.82, 2.24) is 5.32 Å². The Balaban J connectivity index is 2.10. The number of aromatic hydroxyl groups is 1. The third kappa shape index (κ3) is 3.43. The van der Waals surface area contributed by atoms with E-state index >= 15 is 0 Å². The van der Waals surface area contributed by atoms with E-state index in [1.165, 1.54) is 11.8 Å². The summed E-state index contributed by atoms with van der Waals surface area (Å²) < 4.78 is 0.965. The van der Waals surface area contributed by atoms with Gasteiger partial charge in [-0.25, -0.2) is 0 Å². The van der Waals surface area contributed by atoms with Gasteiger partial charge in [0, 0.05) is 9.13 Å². The van der Waals surface area contributed by atoms with E-state index in [9.17, 15) is 9.90 Å². The van der Waals surface area contributed by atoms with Crippen LogP contribution in [0.5, 0.6) is 5.75 Å². The molecule has 0 spiro atoms. The third-order valence-corrected chi connectivity index (χ3v) is 3.76. The molecule has 1 aromatic rings. The number of phenols is 1. The SMILES string of the molecule is O=C1CSC(=NN=Cc2cc(O)ccc2I)N1. The Morgan fingerprint density at radius 3 is 3.06 bits per heavy atom. The first kappa shape index (κ1) is 12.4. The van der Waals surface area contributed by atoms with Crippen LogP contribution < -0.4 is 5.32 Å². The third-order valence-electron chi connectivity index (χ3n) is 1.91. The lowest BCUT2D eigenvalue weighted by molar-refractivity contribution is -0.116. The smallest absolute Gasteiger partial charge is 0.236 e. The molecule has 1 heterocycles. The molecule has 1 aliphatic heterocycles. The fourth-order valence-electron chi connectivity index (χ4n) is 1.15. The summed E-state index contributed by atoms with van der Waals surface area (Å²) in [6, 6.07) is 5.00. The molecule has 0 aliphatic carbocycles. The van der Waals surface area contributed by atoms with Crippen molar-refractivity contribution in [2.45, 2.75) is 0 Å². The van der Waals surface area contributed by atoms with Crippen molar-refractivity contribution in [3.8, 4) is 5.75 Å². The zero-order chi connectivity index (χ0) is 12.3. The van der Waals surface area contributed by atoms with E-state index in [0.29, 0.717) is 10.9 Å². The summed E-state index contributed by atoms with van der Waals surface area (Å²) in [5, 5.41) is 20.1. The highest BCUT2D eigenvalue weighted by atomic mass is 127. The lowest BCUT2D eigenvalue weighted by Gasteiger charge is -1.97.